The van der Waals surface area contributed by atoms with Crippen molar-refractivity contribution in [2.75, 3.05) is 0 Å². The monoisotopic (exact) mass is 178 g/mol. The number of carbonyl (C=O) groups excluding carboxylic acids is 1. The van der Waals surface area contributed by atoms with Crippen molar-refractivity contribution in [2.24, 2.45) is 0 Å². The van der Waals surface area contributed by atoms with Crippen molar-refractivity contribution in [1.82, 2.24) is 5.32 Å². The highest BCUT2D eigenvalue weighted by molar-refractivity contribution is 5.97. The molecule has 0 aromatic carbocycles. The second-order valence-electron chi connectivity index (χ2n) is 2.78. The molecule has 13 heavy (non-hydrogen) atoms. The van der Waals surface area contributed by atoms with E-state index < -0.39 is 5.91 Å². The maximum Gasteiger partial charge on any atom is 0.268 e. The summed E-state index contributed by atoms with van der Waals surface area (Å²) in [7, 11) is 0. The zero-order valence-electron chi connectivity index (χ0n) is 7.76. The molecular formula is C9H10N2O2. The largest absolute Gasteiger partial charge is 0.466 e. The number of aryl methyl sites for hydroxylation is 2. The van der Waals surface area contributed by atoms with Gasteiger partial charge in [0, 0.05) is 5.56 Å². The lowest BCUT2D eigenvalue weighted by atomic mass is 10.1. The number of hydrogen-bond acceptors (Lipinski definition) is 3. The Morgan fingerprint density at radius 1 is 1.38 bits per heavy atom. The number of nitrogens with zero attached hydrogens (tertiary/aromatic N) is 1. The summed E-state index contributed by atoms with van der Waals surface area (Å²) >= 11 is 0. The Morgan fingerprint density at radius 2 is 2.00 bits per heavy atom. The van der Waals surface area contributed by atoms with Crippen LogP contribution in [0.1, 0.15) is 27.4 Å². The van der Waals surface area contributed by atoms with Gasteiger partial charge >= 0.3 is 0 Å². The van der Waals surface area contributed by atoms with Crippen LogP contribution in [-0.2, 0) is 0 Å². The van der Waals surface area contributed by atoms with E-state index in [4.69, 9.17) is 9.68 Å². The molecule has 0 aliphatic carbocycles. The Morgan fingerprint density at radius 3 is 2.38 bits per heavy atom. The molecule has 1 aromatic heterocycles. The maximum absolute atomic E-state index is 11.3. The predicted octanol–water partition coefficient (Wildman–Crippen LogP) is 1.42. The number of hydrogen-bond donors (Lipinski definition) is 1. The van der Waals surface area contributed by atoms with Crippen LogP contribution in [0.25, 0.3) is 0 Å². The Hall–Kier alpha value is -1.76. The number of carbonyl (C=O) groups is 1. The minimum Gasteiger partial charge on any atom is -0.466 e. The standard InChI is InChI=1S/C9H10N2O2/c1-5-6(2)13-7(3)8(5)9(12)11-4-10/h1-3H3,(H,11,12). The van der Waals surface area contributed by atoms with Gasteiger partial charge in [0.25, 0.3) is 5.91 Å². The molecule has 1 amide bonds. The van der Waals surface area contributed by atoms with Crippen molar-refractivity contribution >= 4 is 5.91 Å². The number of rotatable bonds is 1. The van der Waals surface area contributed by atoms with Gasteiger partial charge in [0.15, 0.2) is 6.19 Å². The van der Waals surface area contributed by atoms with E-state index in [2.05, 4.69) is 5.32 Å². The lowest BCUT2D eigenvalue weighted by Crippen LogP contribution is -2.18. The first-order chi connectivity index (χ1) is 6.07. The fourth-order valence-electron chi connectivity index (χ4n) is 1.24. The molecule has 0 aliphatic heterocycles. The quantitative estimate of drug-likeness (QED) is 0.522. The van der Waals surface area contributed by atoms with Gasteiger partial charge < -0.3 is 4.42 Å². The first kappa shape index (κ1) is 9.33. The van der Waals surface area contributed by atoms with E-state index in [1.54, 1.807) is 27.0 Å². The van der Waals surface area contributed by atoms with Gasteiger partial charge in [0.2, 0.25) is 0 Å². The Balaban J connectivity index is 3.15. The van der Waals surface area contributed by atoms with E-state index >= 15 is 0 Å². The van der Waals surface area contributed by atoms with Crippen LogP contribution in [0.4, 0.5) is 0 Å². The van der Waals surface area contributed by atoms with Gasteiger partial charge in [-0.15, -0.1) is 0 Å². The summed E-state index contributed by atoms with van der Waals surface area (Å²) in [6.45, 7) is 5.27. The topological polar surface area (TPSA) is 66.0 Å². The fourth-order valence-corrected chi connectivity index (χ4v) is 1.24. The minimum atomic E-state index is -0.408. The Bertz CT molecular complexity index is 385. The first-order valence-electron chi connectivity index (χ1n) is 3.84. The van der Waals surface area contributed by atoms with E-state index in [0.717, 1.165) is 5.56 Å². The van der Waals surface area contributed by atoms with Crippen LogP contribution >= 0.6 is 0 Å². The molecule has 68 valence electrons. The van der Waals surface area contributed by atoms with Gasteiger partial charge in [-0.3, -0.25) is 10.1 Å². The summed E-state index contributed by atoms with van der Waals surface area (Å²) in [5, 5.41) is 10.3. The van der Waals surface area contributed by atoms with Crippen LogP contribution in [-0.4, -0.2) is 5.91 Å². The molecule has 0 saturated carbocycles. The molecule has 0 bridgehead atoms. The summed E-state index contributed by atoms with van der Waals surface area (Å²) in [6, 6.07) is 0. The van der Waals surface area contributed by atoms with Gasteiger partial charge in [-0.05, 0) is 20.8 Å². The summed E-state index contributed by atoms with van der Waals surface area (Å²) in [6.07, 6.45) is 1.59. The van der Waals surface area contributed by atoms with E-state index in [0.29, 0.717) is 17.1 Å². The third-order valence-corrected chi connectivity index (χ3v) is 1.96. The highest BCUT2D eigenvalue weighted by atomic mass is 16.3. The van der Waals surface area contributed by atoms with Crippen molar-refractivity contribution in [3.8, 4) is 6.19 Å². The molecule has 1 rings (SSSR count). The number of nitrogens with one attached hydrogen (secondary N) is 1. The highest BCUT2D eigenvalue weighted by Gasteiger charge is 2.17. The van der Waals surface area contributed by atoms with Crippen molar-refractivity contribution in [3.63, 3.8) is 0 Å². The molecular weight excluding hydrogens is 168 g/mol. The van der Waals surface area contributed by atoms with Crippen LogP contribution in [0.3, 0.4) is 0 Å². The average molecular weight is 178 g/mol. The van der Waals surface area contributed by atoms with E-state index in [1.807, 2.05) is 0 Å². The summed E-state index contributed by atoms with van der Waals surface area (Å²) in [5.41, 5.74) is 1.24. The molecule has 0 spiro atoms. The highest BCUT2D eigenvalue weighted by Crippen LogP contribution is 2.20. The molecule has 0 fully saturated rings. The second-order valence-corrected chi connectivity index (χ2v) is 2.78. The van der Waals surface area contributed by atoms with Crippen LogP contribution in [0.5, 0.6) is 0 Å². The molecule has 0 aliphatic rings. The normalized spacial score (nSPS) is 9.38. The molecule has 0 radical (unpaired) electrons. The number of amides is 1. The maximum atomic E-state index is 11.3. The Kier molecular flexibility index (Phi) is 2.38. The van der Waals surface area contributed by atoms with Gasteiger partial charge in [0.1, 0.15) is 11.5 Å². The molecule has 0 atom stereocenters. The van der Waals surface area contributed by atoms with Crippen molar-refractivity contribution in [2.45, 2.75) is 20.8 Å². The second kappa shape index (κ2) is 3.31. The number of furan rings is 1. The van der Waals surface area contributed by atoms with Gasteiger partial charge in [-0.1, -0.05) is 0 Å². The summed E-state index contributed by atoms with van der Waals surface area (Å²) in [5.74, 6) is 0.845. The molecule has 4 heteroatoms. The van der Waals surface area contributed by atoms with Crippen LogP contribution in [0.2, 0.25) is 0 Å². The van der Waals surface area contributed by atoms with Crippen molar-refractivity contribution in [1.29, 1.82) is 5.26 Å². The lowest BCUT2D eigenvalue weighted by Gasteiger charge is -1.95. The third-order valence-electron chi connectivity index (χ3n) is 1.96. The fraction of sp³-hybridized carbons (Fsp3) is 0.333. The molecule has 1 aromatic rings. The first-order valence-corrected chi connectivity index (χ1v) is 3.84. The van der Waals surface area contributed by atoms with E-state index in [1.165, 1.54) is 0 Å². The molecule has 1 N–H and O–H groups in total. The van der Waals surface area contributed by atoms with Crippen LogP contribution in [0, 0.1) is 32.2 Å². The van der Waals surface area contributed by atoms with Crippen molar-refractivity contribution < 1.29 is 9.21 Å². The van der Waals surface area contributed by atoms with E-state index in [9.17, 15) is 4.79 Å². The average Bonchev–Trinajstić information content (AvgIpc) is 2.27. The van der Waals surface area contributed by atoms with Gasteiger partial charge in [-0.25, -0.2) is 0 Å². The van der Waals surface area contributed by atoms with Gasteiger partial charge in [-0.2, -0.15) is 5.26 Å². The summed E-state index contributed by atoms with van der Waals surface area (Å²) in [4.78, 5) is 11.3. The zero-order chi connectivity index (χ0) is 10.0. The minimum absolute atomic E-state index is 0.408. The zero-order valence-corrected chi connectivity index (χ0v) is 7.76. The molecule has 0 unspecified atom stereocenters. The smallest absolute Gasteiger partial charge is 0.268 e. The molecule has 4 nitrogen and oxygen atoms in total. The molecule has 1 heterocycles. The summed E-state index contributed by atoms with van der Waals surface area (Å²) < 4.78 is 5.24. The SMILES string of the molecule is Cc1oc(C)c(C(=O)NC#N)c1C. The molecule has 0 saturated heterocycles. The van der Waals surface area contributed by atoms with Crippen LogP contribution < -0.4 is 5.32 Å². The predicted molar refractivity (Wildman–Crippen MR) is 46.0 cm³/mol. The van der Waals surface area contributed by atoms with Gasteiger partial charge in [0.05, 0.1) is 5.56 Å². The Labute approximate surface area is 76.2 Å². The van der Waals surface area contributed by atoms with Crippen LogP contribution in [0.15, 0.2) is 4.42 Å². The number of nitriles is 1. The van der Waals surface area contributed by atoms with Crippen molar-refractivity contribution in [3.05, 3.63) is 22.6 Å². The lowest BCUT2D eigenvalue weighted by molar-refractivity contribution is 0.0971. The van der Waals surface area contributed by atoms with E-state index in [-0.39, 0.29) is 0 Å². The third kappa shape index (κ3) is 1.54.